The van der Waals surface area contributed by atoms with Crippen LogP contribution in [0.5, 0.6) is 11.5 Å². The first kappa shape index (κ1) is 28.2. The predicted molar refractivity (Wildman–Crippen MR) is 155 cm³/mol. The van der Waals surface area contributed by atoms with Gasteiger partial charge in [0.05, 0.1) is 35.0 Å². The van der Waals surface area contributed by atoms with Gasteiger partial charge in [-0.05, 0) is 79.2 Å². The largest absolute Gasteiger partial charge is 0.497 e. The van der Waals surface area contributed by atoms with Gasteiger partial charge in [-0.2, -0.15) is 14.4 Å². The van der Waals surface area contributed by atoms with Crippen LogP contribution < -0.4 is 14.5 Å². The van der Waals surface area contributed by atoms with Crippen molar-refractivity contribution in [2.45, 2.75) is 25.7 Å². The number of amides is 1. The van der Waals surface area contributed by atoms with Crippen LogP contribution in [0.1, 0.15) is 36.7 Å². The van der Waals surface area contributed by atoms with Gasteiger partial charge < -0.3 is 9.47 Å². The van der Waals surface area contributed by atoms with E-state index in [0.29, 0.717) is 36.1 Å². The maximum absolute atomic E-state index is 13.7. The number of thiazole rings is 1. The van der Waals surface area contributed by atoms with E-state index in [0.717, 1.165) is 16.0 Å². The minimum absolute atomic E-state index is 0.124. The molecule has 0 saturated heterocycles. The Labute approximate surface area is 232 Å². The van der Waals surface area contributed by atoms with Crippen LogP contribution in [-0.2, 0) is 10.0 Å². The van der Waals surface area contributed by atoms with E-state index in [9.17, 15) is 13.2 Å². The van der Waals surface area contributed by atoms with Crippen LogP contribution in [-0.4, -0.2) is 56.6 Å². The van der Waals surface area contributed by atoms with Gasteiger partial charge in [-0.15, -0.1) is 0 Å². The smallest absolute Gasteiger partial charge is 0.280 e. The van der Waals surface area contributed by atoms with E-state index in [1.807, 2.05) is 43.3 Å². The number of hydrazone groups is 1. The average molecular weight is 567 g/mol. The molecule has 4 rings (SSSR count). The summed E-state index contributed by atoms with van der Waals surface area (Å²) in [5, 5.41) is 6.08. The van der Waals surface area contributed by atoms with Gasteiger partial charge in [0.25, 0.3) is 5.91 Å². The highest BCUT2D eigenvalue weighted by atomic mass is 32.2. The maximum Gasteiger partial charge on any atom is 0.280 e. The van der Waals surface area contributed by atoms with Crippen molar-refractivity contribution in [2.24, 2.45) is 5.10 Å². The fourth-order valence-corrected chi connectivity index (χ4v) is 6.25. The third kappa shape index (κ3) is 6.27. The predicted octanol–water partition coefficient (Wildman–Crippen LogP) is 5.42. The van der Waals surface area contributed by atoms with E-state index in [4.69, 9.17) is 9.47 Å². The Morgan fingerprint density at radius 3 is 2.26 bits per heavy atom. The van der Waals surface area contributed by atoms with E-state index in [1.165, 1.54) is 44.9 Å². The Balaban J connectivity index is 1.70. The minimum Gasteiger partial charge on any atom is -0.497 e. The van der Waals surface area contributed by atoms with Gasteiger partial charge in [0.2, 0.25) is 15.2 Å². The second-order valence-electron chi connectivity index (χ2n) is 8.31. The number of ether oxygens (including phenoxy) is 2. The summed E-state index contributed by atoms with van der Waals surface area (Å²) in [6.45, 7) is 6.76. The van der Waals surface area contributed by atoms with Crippen molar-refractivity contribution in [2.75, 3.05) is 31.8 Å². The molecule has 0 spiro atoms. The second kappa shape index (κ2) is 12.4. The number of hydrogen-bond acceptors (Lipinski definition) is 8. The maximum atomic E-state index is 13.7. The van der Waals surface area contributed by atoms with Crippen LogP contribution in [0.15, 0.2) is 76.7 Å². The molecule has 0 N–H and O–H groups in total. The van der Waals surface area contributed by atoms with Gasteiger partial charge in [-0.3, -0.25) is 4.79 Å². The topological polar surface area (TPSA) is 101 Å². The zero-order chi connectivity index (χ0) is 28.0. The third-order valence-corrected chi connectivity index (χ3v) is 8.97. The summed E-state index contributed by atoms with van der Waals surface area (Å²) in [7, 11) is -2.06. The molecule has 0 bridgehead atoms. The lowest BCUT2D eigenvalue weighted by Gasteiger charge is -2.19. The van der Waals surface area contributed by atoms with Gasteiger partial charge >= 0.3 is 0 Å². The van der Waals surface area contributed by atoms with Gasteiger partial charge in [0.1, 0.15) is 11.5 Å². The molecule has 0 radical (unpaired) electrons. The van der Waals surface area contributed by atoms with Crippen molar-refractivity contribution in [3.8, 4) is 11.5 Å². The third-order valence-electron chi connectivity index (χ3n) is 5.92. The van der Waals surface area contributed by atoms with Crippen molar-refractivity contribution in [3.63, 3.8) is 0 Å². The number of anilines is 1. The van der Waals surface area contributed by atoms with Crippen molar-refractivity contribution < 1.29 is 22.7 Å². The fraction of sp³-hybridized carbons (Fsp3) is 0.250. The molecule has 4 aromatic rings. The molecule has 0 unspecified atom stereocenters. The van der Waals surface area contributed by atoms with Gasteiger partial charge in [-0.1, -0.05) is 25.2 Å². The molecule has 9 nitrogen and oxygen atoms in total. The molecule has 1 heterocycles. The van der Waals surface area contributed by atoms with Crippen LogP contribution in [0.2, 0.25) is 0 Å². The Morgan fingerprint density at radius 1 is 0.974 bits per heavy atom. The molecule has 0 aliphatic rings. The van der Waals surface area contributed by atoms with Gasteiger partial charge in [-0.25, -0.2) is 13.4 Å². The molecular weight excluding hydrogens is 536 g/mol. The zero-order valence-corrected chi connectivity index (χ0v) is 23.8. The van der Waals surface area contributed by atoms with E-state index < -0.39 is 15.9 Å². The lowest BCUT2D eigenvalue weighted by Crippen LogP contribution is -2.30. The number of nitrogens with zero attached hydrogens (tertiary/aromatic N) is 4. The highest BCUT2D eigenvalue weighted by Gasteiger charge is 2.24. The van der Waals surface area contributed by atoms with Crippen LogP contribution in [0.25, 0.3) is 10.2 Å². The van der Waals surface area contributed by atoms with Crippen molar-refractivity contribution in [1.82, 2.24) is 9.29 Å². The first-order valence-electron chi connectivity index (χ1n) is 12.5. The van der Waals surface area contributed by atoms with Gasteiger partial charge in [0, 0.05) is 18.7 Å². The molecule has 0 saturated carbocycles. The number of carbonyl (C=O) groups excluding carboxylic acids is 1. The first-order chi connectivity index (χ1) is 18.8. The molecular formula is C28H30N4O5S2. The number of carbonyl (C=O) groups is 1. The first-order valence-corrected chi connectivity index (χ1v) is 14.7. The molecule has 39 heavy (non-hydrogen) atoms. The molecule has 0 aliphatic heterocycles. The quantitative estimate of drug-likeness (QED) is 0.178. The van der Waals surface area contributed by atoms with Crippen molar-refractivity contribution >= 4 is 48.8 Å². The summed E-state index contributed by atoms with van der Waals surface area (Å²) in [5.41, 5.74) is 1.74. The Bertz CT molecular complexity index is 1560. The number of benzene rings is 3. The average Bonchev–Trinajstić information content (AvgIpc) is 3.37. The number of methoxy groups -OCH3 is 1. The zero-order valence-electron chi connectivity index (χ0n) is 22.2. The second-order valence-corrected chi connectivity index (χ2v) is 11.3. The van der Waals surface area contributed by atoms with Crippen molar-refractivity contribution in [1.29, 1.82) is 0 Å². The molecule has 0 fully saturated rings. The highest BCUT2D eigenvalue weighted by Crippen LogP contribution is 2.32. The standard InChI is InChI=1S/C28H30N4O5S2/c1-5-31(6-2)39(34,35)24-15-10-21(11-16-24)27(33)32(29-19-20-8-12-22(13-9-20)37-7-3)28-30-25-17-14-23(36-4)18-26(25)38-28/h8-19H,5-7H2,1-4H3/b29-19+. The molecule has 1 aromatic heterocycles. The normalized spacial score (nSPS) is 11.8. The van der Waals surface area contributed by atoms with E-state index in [1.54, 1.807) is 33.2 Å². The van der Waals surface area contributed by atoms with Crippen LogP contribution >= 0.6 is 11.3 Å². The van der Waals surface area contributed by atoms with Crippen LogP contribution in [0.4, 0.5) is 5.13 Å². The van der Waals surface area contributed by atoms with E-state index in [-0.39, 0.29) is 10.5 Å². The highest BCUT2D eigenvalue weighted by molar-refractivity contribution is 7.89. The molecule has 0 aliphatic carbocycles. The monoisotopic (exact) mass is 566 g/mol. The SMILES string of the molecule is CCOc1ccc(/C=N/N(C(=O)c2ccc(S(=O)(=O)N(CC)CC)cc2)c2nc3ccc(OC)cc3s2)cc1. The Morgan fingerprint density at radius 2 is 1.64 bits per heavy atom. The summed E-state index contributed by atoms with van der Waals surface area (Å²) in [6, 6.07) is 18.7. The summed E-state index contributed by atoms with van der Waals surface area (Å²) < 4.78 is 38.8. The Kier molecular flexibility index (Phi) is 8.95. The number of aromatic nitrogens is 1. The van der Waals surface area contributed by atoms with Gasteiger partial charge in [0.15, 0.2) is 0 Å². The van der Waals surface area contributed by atoms with Crippen LogP contribution in [0, 0.1) is 0 Å². The molecule has 3 aromatic carbocycles. The molecule has 204 valence electrons. The lowest BCUT2D eigenvalue weighted by molar-refractivity contribution is 0.0987. The molecule has 0 atom stereocenters. The molecule has 11 heteroatoms. The fourth-order valence-electron chi connectivity index (χ4n) is 3.84. The summed E-state index contributed by atoms with van der Waals surface area (Å²) in [5.74, 6) is 0.968. The van der Waals surface area contributed by atoms with E-state index >= 15 is 0 Å². The number of rotatable bonds is 11. The summed E-state index contributed by atoms with van der Waals surface area (Å²) in [4.78, 5) is 18.4. The number of hydrogen-bond donors (Lipinski definition) is 0. The summed E-state index contributed by atoms with van der Waals surface area (Å²) >= 11 is 1.30. The molecule has 1 amide bonds. The summed E-state index contributed by atoms with van der Waals surface area (Å²) in [6.07, 6.45) is 1.57. The van der Waals surface area contributed by atoms with E-state index in [2.05, 4.69) is 10.1 Å². The number of sulfonamides is 1. The lowest BCUT2D eigenvalue weighted by atomic mass is 10.2. The van der Waals surface area contributed by atoms with Crippen molar-refractivity contribution in [3.05, 3.63) is 77.9 Å². The Hall–Kier alpha value is -3.80. The van der Waals surface area contributed by atoms with Crippen LogP contribution in [0.3, 0.4) is 0 Å². The number of fused-ring (bicyclic) bond motifs is 1. The minimum atomic E-state index is -3.65.